The molecule has 0 N–H and O–H groups in total. The van der Waals surface area contributed by atoms with Crippen LogP contribution in [0.25, 0.3) is 10.9 Å². The van der Waals surface area contributed by atoms with Gasteiger partial charge in [-0.15, -0.1) is 6.42 Å². The van der Waals surface area contributed by atoms with E-state index in [9.17, 15) is 4.39 Å². The number of nitrogens with zero attached hydrogens (tertiary/aromatic N) is 2. The van der Waals surface area contributed by atoms with Crippen molar-refractivity contribution < 1.29 is 4.39 Å². The van der Waals surface area contributed by atoms with Gasteiger partial charge in [0, 0.05) is 30.2 Å². The molecule has 0 aliphatic heterocycles. The Hall–Kier alpha value is -3.48. The molecule has 0 amide bonds. The quantitative estimate of drug-likeness (QED) is 0.302. The molecule has 4 aromatic rings. The minimum absolute atomic E-state index is 0.239. The van der Waals surface area contributed by atoms with Crippen LogP contribution < -0.4 is 0 Å². The molecule has 0 saturated carbocycles. The summed E-state index contributed by atoms with van der Waals surface area (Å²) in [5.74, 6) is 3.22. The maximum Gasteiger partial charge on any atom is 0.123 e. The molecule has 0 bridgehead atoms. The van der Waals surface area contributed by atoms with E-state index in [1.807, 2.05) is 42.6 Å². The van der Waals surface area contributed by atoms with Crippen molar-refractivity contribution in [2.75, 3.05) is 0 Å². The van der Waals surface area contributed by atoms with Crippen LogP contribution >= 0.6 is 0 Å². The number of para-hydroxylation sites is 1. The molecule has 0 fully saturated rings. The van der Waals surface area contributed by atoms with Gasteiger partial charge in [0.1, 0.15) is 5.82 Å². The SMILES string of the molecule is C#CC(c1cnc2ccccc2c1)N(Cc1ccc(F)cc1)Cc1ccc(C(C)C)cc1. The lowest BCUT2D eigenvalue weighted by atomic mass is 10.0. The number of hydrogen-bond acceptors (Lipinski definition) is 2. The number of hydrogen-bond donors (Lipinski definition) is 0. The van der Waals surface area contributed by atoms with Crippen molar-refractivity contribution in [1.29, 1.82) is 0 Å². The van der Waals surface area contributed by atoms with Crippen LogP contribution in [0.2, 0.25) is 0 Å². The van der Waals surface area contributed by atoms with Gasteiger partial charge in [0.15, 0.2) is 0 Å². The number of terminal acetylenes is 1. The first kappa shape index (κ1) is 21.7. The standard InChI is InChI=1S/C29H27FN2/c1-4-29(26-17-25-7-5-6-8-28(25)31-18-26)32(20-23-11-15-27(30)16-12-23)19-22-9-13-24(14-10-22)21(2)3/h1,5-18,21,29H,19-20H2,2-3H3. The Labute approximate surface area is 189 Å². The second-order valence-corrected chi connectivity index (χ2v) is 8.46. The normalized spacial score (nSPS) is 12.2. The fourth-order valence-corrected chi connectivity index (χ4v) is 3.96. The summed E-state index contributed by atoms with van der Waals surface area (Å²) in [5.41, 5.74) is 5.43. The van der Waals surface area contributed by atoms with Gasteiger partial charge >= 0.3 is 0 Å². The van der Waals surface area contributed by atoms with Gasteiger partial charge in [-0.3, -0.25) is 9.88 Å². The molecular formula is C29H27FN2. The molecule has 1 aromatic heterocycles. The highest BCUT2D eigenvalue weighted by Crippen LogP contribution is 2.27. The predicted octanol–water partition coefficient (Wildman–Crippen LogP) is 6.87. The Kier molecular flexibility index (Phi) is 6.63. The second kappa shape index (κ2) is 9.77. The van der Waals surface area contributed by atoms with Gasteiger partial charge in [-0.25, -0.2) is 4.39 Å². The molecular weight excluding hydrogens is 395 g/mol. The van der Waals surface area contributed by atoms with Crippen molar-refractivity contribution >= 4 is 10.9 Å². The molecule has 0 saturated heterocycles. The summed E-state index contributed by atoms with van der Waals surface area (Å²) in [6.45, 7) is 5.67. The van der Waals surface area contributed by atoms with E-state index < -0.39 is 0 Å². The van der Waals surface area contributed by atoms with E-state index in [1.54, 1.807) is 0 Å². The number of halogens is 1. The summed E-state index contributed by atoms with van der Waals surface area (Å²) in [6, 6.07) is 25.2. The lowest BCUT2D eigenvalue weighted by Crippen LogP contribution is -2.27. The summed E-state index contributed by atoms with van der Waals surface area (Å²) in [6.07, 6.45) is 7.93. The zero-order valence-corrected chi connectivity index (χ0v) is 18.5. The maximum absolute atomic E-state index is 13.5. The number of aromatic nitrogens is 1. The van der Waals surface area contributed by atoms with Crippen LogP contribution in [-0.4, -0.2) is 9.88 Å². The predicted molar refractivity (Wildman–Crippen MR) is 129 cm³/mol. The second-order valence-electron chi connectivity index (χ2n) is 8.46. The fraction of sp³-hybridized carbons (Fsp3) is 0.207. The molecule has 1 atom stereocenters. The molecule has 3 aromatic carbocycles. The van der Waals surface area contributed by atoms with E-state index in [4.69, 9.17) is 6.42 Å². The van der Waals surface area contributed by atoms with Crippen molar-refractivity contribution in [2.24, 2.45) is 0 Å². The molecule has 32 heavy (non-hydrogen) atoms. The highest BCUT2D eigenvalue weighted by molar-refractivity contribution is 5.78. The molecule has 0 spiro atoms. The van der Waals surface area contributed by atoms with Crippen LogP contribution in [0.4, 0.5) is 4.39 Å². The Morgan fingerprint density at radius 1 is 0.875 bits per heavy atom. The first-order valence-corrected chi connectivity index (χ1v) is 10.9. The number of pyridine rings is 1. The average Bonchev–Trinajstić information content (AvgIpc) is 2.81. The molecule has 160 valence electrons. The highest BCUT2D eigenvalue weighted by atomic mass is 19.1. The van der Waals surface area contributed by atoms with Gasteiger partial charge in [-0.05, 0) is 46.9 Å². The van der Waals surface area contributed by atoms with Crippen LogP contribution in [0.1, 0.15) is 48.1 Å². The van der Waals surface area contributed by atoms with Gasteiger partial charge in [-0.2, -0.15) is 0 Å². The van der Waals surface area contributed by atoms with Crippen LogP contribution in [0.15, 0.2) is 85.1 Å². The maximum atomic E-state index is 13.5. The van der Waals surface area contributed by atoms with E-state index in [0.29, 0.717) is 19.0 Å². The van der Waals surface area contributed by atoms with Gasteiger partial charge in [0.2, 0.25) is 0 Å². The summed E-state index contributed by atoms with van der Waals surface area (Å²) in [5, 5.41) is 1.06. The Morgan fingerprint density at radius 3 is 2.12 bits per heavy atom. The highest BCUT2D eigenvalue weighted by Gasteiger charge is 2.20. The van der Waals surface area contributed by atoms with Crippen molar-refractivity contribution in [1.82, 2.24) is 9.88 Å². The third kappa shape index (κ3) is 5.04. The monoisotopic (exact) mass is 422 g/mol. The van der Waals surface area contributed by atoms with Gasteiger partial charge in [-0.1, -0.05) is 74.4 Å². The zero-order valence-electron chi connectivity index (χ0n) is 18.5. The first-order chi connectivity index (χ1) is 15.5. The van der Waals surface area contributed by atoms with Crippen molar-refractivity contribution in [2.45, 2.75) is 38.9 Å². The van der Waals surface area contributed by atoms with Crippen LogP contribution in [-0.2, 0) is 13.1 Å². The van der Waals surface area contributed by atoms with Gasteiger partial charge in [0.25, 0.3) is 0 Å². The lowest BCUT2D eigenvalue weighted by molar-refractivity contribution is 0.219. The molecule has 1 unspecified atom stereocenters. The van der Waals surface area contributed by atoms with E-state index in [1.165, 1.54) is 23.3 Å². The Morgan fingerprint density at radius 2 is 1.50 bits per heavy atom. The Bertz CT molecular complexity index is 1220. The molecule has 3 heteroatoms. The van der Waals surface area contributed by atoms with Crippen LogP contribution in [0.3, 0.4) is 0 Å². The van der Waals surface area contributed by atoms with E-state index in [0.717, 1.165) is 22.0 Å². The molecule has 2 nitrogen and oxygen atoms in total. The van der Waals surface area contributed by atoms with Crippen molar-refractivity contribution in [3.8, 4) is 12.3 Å². The topological polar surface area (TPSA) is 16.1 Å². The summed E-state index contributed by atoms with van der Waals surface area (Å²) < 4.78 is 13.5. The zero-order chi connectivity index (χ0) is 22.5. The van der Waals surface area contributed by atoms with Crippen LogP contribution in [0, 0.1) is 18.2 Å². The van der Waals surface area contributed by atoms with Gasteiger partial charge < -0.3 is 0 Å². The molecule has 0 aliphatic carbocycles. The summed E-state index contributed by atoms with van der Waals surface area (Å²) in [7, 11) is 0. The lowest BCUT2D eigenvalue weighted by Gasteiger charge is -2.29. The number of benzene rings is 3. The average molecular weight is 423 g/mol. The van der Waals surface area contributed by atoms with Gasteiger partial charge in [0.05, 0.1) is 11.6 Å². The van der Waals surface area contributed by atoms with E-state index in [2.05, 4.69) is 60.0 Å². The van der Waals surface area contributed by atoms with Crippen molar-refractivity contribution in [3.63, 3.8) is 0 Å². The Balaban J connectivity index is 1.68. The number of rotatable bonds is 7. The largest absolute Gasteiger partial charge is 0.277 e. The summed E-state index contributed by atoms with van der Waals surface area (Å²) in [4.78, 5) is 6.86. The smallest absolute Gasteiger partial charge is 0.123 e. The van der Waals surface area contributed by atoms with Crippen LogP contribution in [0.5, 0.6) is 0 Å². The van der Waals surface area contributed by atoms with E-state index in [-0.39, 0.29) is 11.9 Å². The third-order valence-corrected chi connectivity index (χ3v) is 5.78. The minimum atomic E-state index is -0.262. The number of fused-ring (bicyclic) bond motifs is 1. The fourth-order valence-electron chi connectivity index (χ4n) is 3.96. The molecule has 0 radical (unpaired) electrons. The molecule has 0 aliphatic rings. The third-order valence-electron chi connectivity index (χ3n) is 5.78. The first-order valence-electron chi connectivity index (χ1n) is 10.9. The molecule has 1 heterocycles. The van der Waals surface area contributed by atoms with Crippen molar-refractivity contribution in [3.05, 3.63) is 113 Å². The minimum Gasteiger partial charge on any atom is -0.277 e. The molecule has 4 rings (SSSR count). The summed E-state index contributed by atoms with van der Waals surface area (Å²) >= 11 is 0. The van der Waals surface area contributed by atoms with E-state index >= 15 is 0 Å².